The molecule has 3 nitrogen and oxygen atoms in total. The number of ether oxygens (including phenoxy) is 2. The predicted molar refractivity (Wildman–Crippen MR) is 78.6 cm³/mol. The first-order valence-electron chi connectivity index (χ1n) is 7.22. The standard InChI is InChI=1S/C16H21ClO3/c1-2-19-16(18)12-7-9-14(10-8-12)20-11-13-5-3-4-6-15(13)17/h3-6,12,14H,2,7-11H2,1H3/t12-,14-. The summed E-state index contributed by atoms with van der Waals surface area (Å²) >= 11 is 6.10. The first-order chi connectivity index (χ1) is 9.70. The van der Waals surface area contributed by atoms with E-state index in [9.17, 15) is 4.79 Å². The Morgan fingerprint density at radius 1 is 1.25 bits per heavy atom. The molecule has 0 unspecified atom stereocenters. The van der Waals surface area contributed by atoms with E-state index in [1.54, 1.807) is 0 Å². The van der Waals surface area contributed by atoms with Gasteiger partial charge in [-0.15, -0.1) is 0 Å². The molecule has 0 N–H and O–H groups in total. The lowest BCUT2D eigenvalue weighted by Crippen LogP contribution is -2.27. The van der Waals surface area contributed by atoms with Crippen molar-refractivity contribution in [2.45, 2.75) is 45.3 Å². The predicted octanol–water partition coefficient (Wildman–Crippen LogP) is 3.98. The zero-order valence-electron chi connectivity index (χ0n) is 11.8. The number of hydrogen-bond donors (Lipinski definition) is 0. The average molecular weight is 297 g/mol. The second-order valence-electron chi connectivity index (χ2n) is 5.13. The van der Waals surface area contributed by atoms with Gasteiger partial charge in [0.1, 0.15) is 0 Å². The lowest BCUT2D eigenvalue weighted by molar-refractivity contribution is -0.150. The number of halogens is 1. The van der Waals surface area contributed by atoms with Gasteiger partial charge in [0.2, 0.25) is 0 Å². The normalized spacial score (nSPS) is 22.5. The van der Waals surface area contributed by atoms with Gasteiger partial charge in [-0.05, 0) is 44.2 Å². The van der Waals surface area contributed by atoms with Gasteiger partial charge in [0.25, 0.3) is 0 Å². The van der Waals surface area contributed by atoms with Crippen LogP contribution < -0.4 is 0 Å². The second kappa shape index (κ2) is 7.65. The summed E-state index contributed by atoms with van der Waals surface area (Å²) < 4.78 is 11.0. The monoisotopic (exact) mass is 296 g/mol. The molecule has 0 heterocycles. The fourth-order valence-corrected chi connectivity index (χ4v) is 2.74. The van der Waals surface area contributed by atoms with E-state index in [4.69, 9.17) is 21.1 Å². The molecule has 0 amide bonds. The molecule has 0 spiro atoms. The molecule has 1 aliphatic rings. The minimum atomic E-state index is -0.0583. The average Bonchev–Trinajstić information content (AvgIpc) is 2.47. The molecular formula is C16H21ClO3. The summed E-state index contributed by atoms with van der Waals surface area (Å²) in [6.45, 7) is 2.84. The van der Waals surface area contributed by atoms with Crippen LogP contribution in [0.4, 0.5) is 0 Å². The second-order valence-corrected chi connectivity index (χ2v) is 5.54. The van der Waals surface area contributed by atoms with Gasteiger partial charge in [0, 0.05) is 5.02 Å². The first-order valence-corrected chi connectivity index (χ1v) is 7.60. The van der Waals surface area contributed by atoms with Crippen molar-refractivity contribution in [1.82, 2.24) is 0 Å². The van der Waals surface area contributed by atoms with Crippen LogP contribution in [-0.4, -0.2) is 18.7 Å². The highest BCUT2D eigenvalue weighted by Gasteiger charge is 2.27. The molecule has 0 aliphatic heterocycles. The number of carbonyl (C=O) groups is 1. The molecule has 1 saturated carbocycles. The van der Waals surface area contributed by atoms with E-state index in [2.05, 4.69) is 0 Å². The summed E-state index contributed by atoms with van der Waals surface area (Å²) in [6, 6.07) is 7.73. The van der Waals surface area contributed by atoms with Gasteiger partial charge in [0.15, 0.2) is 0 Å². The highest BCUT2D eigenvalue weighted by Crippen LogP contribution is 2.28. The third kappa shape index (κ3) is 4.22. The molecule has 0 radical (unpaired) electrons. The van der Waals surface area contributed by atoms with Crippen molar-refractivity contribution < 1.29 is 14.3 Å². The third-order valence-electron chi connectivity index (χ3n) is 3.73. The van der Waals surface area contributed by atoms with E-state index in [1.165, 1.54) is 0 Å². The molecule has 0 atom stereocenters. The van der Waals surface area contributed by atoms with Crippen LogP contribution in [0, 0.1) is 5.92 Å². The SMILES string of the molecule is CCOC(=O)[C@H]1CC[C@H](OCc2ccccc2Cl)CC1. The van der Waals surface area contributed by atoms with Crippen molar-refractivity contribution in [3.05, 3.63) is 34.9 Å². The highest BCUT2D eigenvalue weighted by molar-refractivity contribution is 6.31. The van der Waals surface area contributed by atoms with Crippen LogP contribution >= 0.6 is 11.6 Å². The van der Waals surface area contributed by atoms with Crippen LogP contribution in [0.25, 0.3) is 0 Å². The summed E-state index contributed by atoms with van der Waals surface area (Å²) in [5.74, 6) is -0.00725. The van der Waals surface area contributed by atoms with E-state index in [0.717, 1.165) is 36.3 Å². The van der Waals surface area contributed by atoms with E-state index in [-0.39, 0.29) is 18.0 Å². The van der Waals surface area contributed by atoms with E-state index in [1.807, 2.05) is 31.2 Å². The zero-order valence-corrected chi connectivity index (χ0v) is 12.6. The molecule has 20 heavy (non-hydrogen) atoms. The van der Waals surface area contributed by atoms with Crippen LogP contribution in [0.5, 0.6) is 0 Å². The maximum atomic E-state index is 11.6. The van der Waals surface area contributed by atoms with Crippen molar-refractivity contribution in [2.24, 2.45) is 5.92 Å². The Morgan fingerprint density at radius 3 is 2.60 bits per heavy atom. The Kier molecular flexibility index (Phi) is 5.86. The van der Waals surface area contributed by atoms with Gasteiger partial charge < -0.3 is 9.47 Å². The summed E-state index contributed by atoms with van der Waals surface area (Å²) in [5, 5.41) is 0.743. The fraction of sp³-hybridized carbons (Fsp3) is 0.562. The Hall–Kier alpha value is -1.06. The van der Waals surface area contributed by atoms with Gasteiger partial charge in [-0.2, -0.15) is 0 Å². The van der Waals surface area contributed by atoms with E-state index in [0.29, 0.717) is 13.2 Å². The van der Waals surface area contributed by atoms with Crippen molar-refractivity contribution >= 4 is 17.6 Å². The minimum Gasteiger partial charge on any atom is -0.466 e. The topological polar surface area (TPSA) is 35.5 Å². The fourth-order valence-electron chi connectivity index (χ4n) is 2.55. The van der Waals surface area contributed by atoms with Gasteiger partial charge in [-0.3, -0.25) is 4.79 Å². The smallest absolute Gasteiger partial charge is 0.308 e. The van der Waals surface area contributed by atoms with Gasteiger partial charge in [-0.1, -0.05) is 29.8 Å². The van der Waals surface area contributed by atoms with Crippen LogP contribution in [0.3, 0.4) is 0 Å². The number of benzene rings is 1. The number of rotatable bonds is 5. The molecule has 1 aliphatic carbocycles. The molecule has 1 aromatic carbocycles. The summed E-state index contributed by atoms with van der Waals surface area (Å²) in [7, 11) is 0. The molecule has 0 bridgehead atoms. The molecule has 110 valence electrons. The minimum absolute atomic E-state index is 0.0510. The number of carbonyl (C=O) groups excluding carboxylic acids is 1. The summed E-state index contributed by atoms with van der Waals surface area (Å²) in [6.07, 6.45) is 3.75. The van der Waals surface area contributed by atoms with E-state index >= 15 is 0 Å². The maximum absolute atomic E-state index is 11.6. The molecule has 1 fully saturated rings. The molecule has 1 aromatic rings. The van der Waals surface area contributed by atoms with Gasteiger partial charge in [-0.25, -0.2) is 0 Å². The Morgan fingerprint density at radius 2 is 1.95 bits per heavy atom. The first kappa shape index (κ1) is 15.3. The number of esters is 1. The number of hydrogen-bond acceptors (Lipinski definition) is 3. The lowest BCUT2D eigenvalue weighted by Gasteiger charge is -2.27. The van der Waals surface area contributed by atoms with Crippen molar-refractivity contribution in [3.8, 4) is 0 Å². The molecule has 0 saturated heterocycles. The van der Waals surface area contributed by atoms with Crippen LogP contribution in [-0.2, 0) is 20.9 Å². The third-order valence-corrected chi connectivity index (χ3v) is 4.10. The van der Waals surface area contributed by atoms with Crippen LogP contribution in [0.15, 0.2) is 24.3 Å². The molecule has 0 aromatic heterocycles. The zero-order chi connectivity index (χ0) is 14.4. The molecule has 2 rings (SSSR count). The molecular weight excluding hydrogens is 276 g/mol. The quantitative estimate of drug-likeness (QED) is 0.771. The van der Waals surface area contributed by atoms with Gasteiger partial charge >= 0.3 is 5.97 Å². The highest BCUT2D eigenvalue weighted by atomic mass is 35.5. The van der Waals surface area contributed by atoms with Gasteiger partial charge in [0.05, 0.1) is 25.2 Å². The van der Waals surface area contributed by atoms with E-state index < -0.39 is 0 Å². The van der Waals surface area contributed by atoms with Crippen molar-refractivity contribution in [1.29, 1.82) is 0 Å². The largest absolute Gasteiger partial charge is 0.466 e. The maximum Gasteiger partial charge on any atom is 0.308 e. The van der Waals surface area contributed by atoms with Crippen molar-refractivity contribution in [2.75, 3.05) is 6.61 Å². The summed E-state index contributed by atoms with van der Waals surface area (Å²) in [4.78, 5) is 11.6. The Labute approximate surface area is 125 Å². The summed E-state index contributed by atoms with van der Waals surface area (Å²) in [5.41, 5.74) is 1.02. The molecule has 4 heteroatoms. The lowest BCUT2D eigenvalue weighted by atomic mass is 9.87. The van der Waals surface area contributed by atoms with Crippen LogP contribution in [0.1, 0.15) is 38.2 Å². The van der Waals surface area contributed by atoms with Crippen LogP contribution in [0.2, 0.25) is 5.02 Å². The Bertz CT molecular complexity index is 439. The van der Waals surface area contributed by atoms with Crippen molar-refractivity contribution in [3.63, 3.8) is 0 Å². The Balaban J connectivity index is 1.75.